The molecule has 0 amide bonds. The van der Waals surface area contributed by atoms with Gasteiger partial charge in [0.15, 0.2) is 5.65 Å². The van der Waals surface area contributed by atoms with Gasteiger partial charge < -0.3 is 0 Å². The molecule has 22 heavy (non-hydrogen) atoms. The summed E-state index contributed by atoms with van der Waals surface area (Å²) in [6, 6.07) is 8.32. The van der Waals surface area contributed by atoms with Crippen molar-refractivity contribution in [1.82, 2.24) is 8.96 Å². The lowest BCUT2D eigenvalue weighted by Crippen LogP contribution is -2.12. The van der Waals surface area contributed by atoms with E-state index >= 15 is 0 Å². The number of aryl methyl sites for hydroxylation is 1. The van der Waals surface area contributed by atoms with Crippen LogP contribution in [0.2, 0.25) is 5.02 Å². The van der Waals surface area contributed by atoms with Crippen molar-refractivity contribution in [2.75, 3.05) is 0 Å². The van der Waals surface area contributed by atoms with Crippen LogP contribution in [0.15, 0.2) is 54.2 Å². The van der Waals surface area contributed by atoms with Gasteiger partial charge in [0, 0.05) is 23.3 Å². The number of benzene rings is 1. The van der Waals surface area contributed by atoms with E-state index in [2.05, 4.69) is 11.6 Å². The van der Waals surface area contributed by atoms with Crippen molar-refractivity contribution in [2.45, 2.75) is 11.8 Å². The van der Waals surface area contributed by atoms with E-state index in [0.717, 1.165) is 9.54 Å². The largest absolute Gasteiger partial charge is 0.269 e. The molecule has 1 aromatic carbocycles. The van der Waals surface area contributed by atoms with Gasteiger partial charge in [-0.2, -0.15) is 0 Å². The van der Waals surface area contributed by atoms with Crippen LogP contribution in [-0.2, 0) is 10.0 Å². The molecule has 0 fully saturated rings. The average Bonchev–Trinajstić information content (AvgIpc) is 2.94. The smallest absolute Gasteiger partial charge is 0.237 e. The lowest BCUT2D eigenvalue weighted by molar-refractivity contribution is 0.588. The number of hydrogen-bond acceptors (Lipinski definition) is 3. The Bertz CT molecular complexity index is 973. The minimum absolute atomic E-state index is 0.210. The van der Waals surface area contributed by atoms with Crippen molar-refractivity contribution in [1.29, 1.82) is 0 Å². The Hall–Kier alpha value is -2.11. The summed E-state index contributed by atoms with van der Waals surface area (Å²) in [5.74, 6) is 0. The zero-order valence-corrected chi connectivity index (χ0v) is 13.4. The van der Waals surface area contributed by atoms with E-state index < -0.39 is 10.0 Å². The van der Waals surface area contributed by atoms with Gasteiger partial charge in [-0.25, -0.2) is 17.4 Å². The van der Waals surface area contributed by atoms with Crippen LogP contribution in [0.3, 0.4) is 0 Å². The molecule has 0 atom stereocenters. The third kappa shape index (κ3) is 2.23. The fourth-order valence-corrected chi connectivity index (χ4v) is 3.78. The van der Waals surface area contributed by atoms with Gasteiger partial charge in [0.25, 0.3) is 10.0 Å². The summed E-state index contributed by atoms with van der Waals surface area (Å²) in [7, 11) is -3.71. The van der Waals surface area contributed by atoms with Gasteiger partial charge >= 0.3 is 0 Å². The van der Waals surface area contributed by atoms with Gasteiger partial charge in [0.05, 0.1) is 9.92 Å². The maximum atomic E-state index is 12.7. The molecule has 2 aromatic heterocycles. The van der Waals surface area contributed by atoms with E-state index in [1.54, 1.807) is 36.4 Å². The number of halogens is 1. The summed E-state index contributed by atoms with van der Waals surface area (Å²) in [6.07, 6.45) is 4.56. The summed E-state index contributed by atoms with van der Waals surface area (Å²) >= 11 is 6.25. The van der Waals surface area contributed by atoms with Crippen LogP contribution in [0, 0.1) is 6.92 Å². The lowest BCUT2D eigenvalue weighted by Gasteiger charge is -2.08. The van der Waals surface area contributed by atoms with Crippen LogP contribution in [-0.4, -0.2) is 17.4 Å². The first-order valence-electron chi connectivity index (χ1n) is 6.55. The minimum Gasteiger partial charge on any atom is -0.237 e. The van der Waals surface area contributed by atoms with Gasteiger partial charge in [-0.1, -0.05) is 42.0 Å². The van der Waals surface area contributed by atoms with E-state index in [1.807, 2.05) is 6.92 Å². The van der Waals surface area contributed by atoms with Crippen molar-refractivity contribution >= 4 is 38.7 Å². The maximum Gasteiger partial charge on any atom is 0.269 e. The van der Waals surface area contributed by atoms with E-state index in [0.29, 0.717) is 21.6 Å². The fraction of sp³-hybridized carbons (Fsp3) is 0.0625. The van der Waals surface area contributed by atoms with Crippen LogP contribution in [0.1, 0.15) is 11.1 Å². The van der Waals surface area contributed by atoms with Crippen LogP contribution >= 0.6 is 11.6 Å². The van der Waals surface area contributed by atoms with E-state index in [1.165, 1.54) is 12.4 Å². The molecule has 0 saturated heterocycles. The predicted octanol–water partition coefficient (Wildman–Crippen LogP) is 3.88. The van der Waals surface area contributed by atoms with Crippen molar-refractivity contribution in [3.05, 3.63) is 65.5 Å². The highest BCUT2D eigenvalue weighted by Crippen LogP contribution is 2.29. The van der Waals surface area contributed by atoms with Crippen molar-refractivity contribution in [3.8, 4) is 0 Å². The number of nitrogens with zero attached hydrogens (tertiary/aromatic N) is 2. The molecule has 0 aliphatic rings. The van der Waals surface area contributed by atoms with E-state index in [-0.39, 0.29) is 4.90 Å². The standard InChI is InChI=1S/C16H13ClN2O2S/c1-3-12-10-18-16-14(15(12)17)8-9-19(16)22(20,21)13-6-4-11(2)5-7-13/h3-10H,1H2,2H3. The second-order valence-corrected chi connectivity index (χ2v) is 7.09. The van der Waals surface area contributed by atoms with Crippen LogP contribution < -0.4 is 0 Å². The molecular weight excluding hydrogens is 320 g/mol. The average molecular weight is 333 g/mol. The molecule has 0 radical (unpaired) electrons. The molecule has 0 unspecified atom stereocenters. The van der Waals surface area contributed by atoms with Crippen LogP contribution in [0.4, 0.5) is 0 Å². The van der Waals surface area contributed by atoms with E-state index in [4.69, 9.17) is 11.6 Å². The molecule has 0 aliphatic heterocycles. The topological polar surface area (TPSA) is 52.0 Å². The number of rotatable bonds is 3. The first kappa shape index (κ1) is 14.8. The molecule has 0 N–H and O–H groups in total. The molecule has 2 heterocycles. The minimum atomic E-state index is -3.71. The summed E-state index contributed by atoms with van der Waals surface area (Å²) < 4.78 is 26.6. The Labute approximate surface area is 133 Å². The Morgan fingerprint density at radius 1 is 1.23 bits per heavy atom. The summed E-state index contributed by atoms with van der Waals surface area (Å²) in [5, 5.41) is 1.02. The zero-order valence-electron chi connectivity index (χ0n) is 11.8. The van der Waals surface area contributed by atoms with Gasteiger partial charge in [-0.15, -0.1) is 0 Å². The number of aromatic nitrogens is 2. The highest BCUT2D eigenvalue weighted by atomic mass is 35.5. The number of fused-ring (bicyclic) bond motifs is 1. The molecule has 0 spiro atoms. The van der Waals surface area contributed by atoms with E-state index in [9.17, 15) is 8.42 Å². The van der Waals surface area contributed by atoms with Crippen LogP contribution in [0.5, 0.6) is 0 Å². The molecule has 0 aliphatic carbocycles. The molecule has 0 saturated carbocycles. The van der Waals surface area contributed by atoms with Gasteiger partial charge in [0.1, 0.15) is 0 Å². The first-order valence-corrected chi connectivity index (χ1v) is 8.37. The third-order valence-corrected chi connectivity index (χ3v) is 5.54. The maximum absolute atomic E-state index is 12.7. The molecule has 3 aromatic rings. The summed E-state index contributed by atoms with van der Waals surface area (Å²) in [5.41, 5.74) is 1.96. The summed E-state index contributed by atoms with van der Waals surface area (Å²) in [4.78, 5) is 4.42. The Balaban J connectivity index is 2.24. The monoisotopic (exact) mass is 332 g/mol. The highest BCUT2D eigenvalue weighted by Gasteiger charge is 2.20. The Morgan fingerprint density at radius 3 is 2.55 bits per heavy atom. The molecule has 4 nitrogen and oxygen atoms in total. The zero-order chi connectivity index (χ0) is 15.9. The molecule has 112 valence electrons. The van der Waals surface area contributed by atoms with Crippen molar-refractivity contribution < 1.29 is 8.42 Å². The molecular formula is C16H13ClN2O2S. The Morgan fingerprint density at radius 2 is 1.91 bits per heavy atom. The first-order chi connectivity index (χ1) is 10.4. The normalized spacial score (nSPS) is 11.7. The second kappa shape index (κ2) is 5.26. The molecule has 3 rings (SSSR count). The summed E-state index contributed by atoms with van der Waals surface area (Å²) in [6.45, 7) is 5.56. The third-order valence-electron chi connectivity index (χ3n) is 3.44. The number of hydrogen-bond donors (Lipinski definition) is 0. The molecule has 6 heteroatoms. The lowest BCUT2D eigenvalue weighted by atomic mass is 10.2. The number of pyridine rings is 1. The SMILES string of the molecule is C=Cc1cnc2c(ccn2S(=O)(=O)c2ccc(C)cc2)c1Cl. The highest BCUT2D eigenvalue weighted by molar-refractivity contribution is 7.90. The predicted molar refractivity (Wildman–Crippen MR) is 88.6 cm³/mol. The van der Waals surface area contributed by atoms with Crippen molar-refractivity contribution in [3.63, 3.8) is 0 Å². The molecule has 0 bridgehead atoms. The van der Waals surface area contributed by atoms with Gasteiger partial charge in [-0.05, 0) is 25.1 Å². The quantitative estimate of drug-likeness (QED) is 0.731. The van der Waals surface area contributed by atoms with Gasteiger partial charge in [-0.3, -0.25) is 0 Å². The van der Waals surface area contributed by atoms with Crippen molar-refractivity contribution in [2.24, 2.45) is 0 Å². The van der Waals surface area contributed by atoms with Gasteiger partial charge in [0.2, 0.25) is 0 Å². The van der Waals surface area contributed by atoms with Crippen LogP contribution in [0.25, 0.3) is 17.1 Å². The fourth-order valence-electron chi connectivity index (χ4n) is 2.21. The Kier molecular flexibility index (Phi) is 3.54. The second-order valence-electron chi connectivity index (χ2n) is 4.90.